The summed E-state index contributed by atoms with van der Waals surface area (Å²) in [5.74, 6) is 0.0819. The summed E-state index contributed by atoms with van der Waals surface area (Å²) >= 11 is 0. The van der Waals surface area contributed by atoms with Crippen molar-refractivity contribution in [2.24, 2.45) is 0 Å². The SMILES string of the molecule is CC(=O)C(C)(c1cccnc1)c1cccnc1. The first-order chi connectivity index (χ1) is 8.15. The van der Waals surface area contributed by atoms with Crippen LogP contribution in [0.5, 0.6) is 0 Å². The minimum absolute atomic E-state index is 0.0819. The molecule has 0 spiro atoms. The highest BCUT2D eigenvalue weighted by Gasteiger charge is 2.34. The van der Waals surface area contributed by atoms with Crippen molar-refractivity contribution in [3.8, 4) is 0 Å². The van der Waals surface area contributed by atoms with Crippen LogP contribution in [-0.2, 0) is 10.2 Å². The third-order valence-corrected chi connectivity index (χ3v) is 3.18. The van der Waals surface area contributed by atoms with E-state index in [2.05, 4.69) is 9.97 Å². The molecule has 3 nitrogen and oxygen atoms in total. The molecule has 0 aliphatic heterocycles. The standard InChI is InChI=1S/C14H14N2O/c1-11(17)14(2,12-5-3-7-15-9-12)13-6-4-8-16-10-13/h3-10H,1-2H3. The van der Waals surface area contributed by atoms with E-state index in [0.717, 1.165) is 11.1 Å². The molecule has 0 N–H and O–H groups in total. The van der Waals surface area contributed by atoms with Gasteiger partial charge in [-0.05, 0) is 37.1 Å². The third-order valence-electron chi connectivity index (χ3n) is 3.18. The lowest BCUT2D eigenvalue weighted by Gasteiger charge is -2.27. The van der Waals surface area contributed by atoms with Crippen LogP contribution in [0.3, 0.4) is 0 Å². The number of pyridine rings is 2. The molecule has 0 saturated heterocycles. The first-order valence-electron chi connectivity index (χ1n) is 5.47. The molecule has 0 atom stereocenters. The molecule has 3 heteroatoms. The van der Waals surface area contributed by atoms with Crippen LogP contribution < -0.4 is 0 Å². The minimum Gasteiger partial charge on any atom is -0.299 e. The van der Waals surface area contributed by atoms with E-state index in [4.69, 9.17) is 0 Å². The molecule has 0 aromatic carbocycles. The second-order valence-electron chi connectivity index (χ2n) is 4.16. The van der Waals surface area contributed by atoms with Gasteiger partial charge in [0.25, 0.3) is 0 Å². The number of carbonyl (C=O) groups is 1. The molecular formula is C14H14N2O. The predicted octanol–water partition coefficient (Wildman–Crippen LogP) is 2.37. The van der Waals surface area contributed by atoms with Crippen LogP contribution in [0.25, 0.3) is 0 Å². The summed E-state index contributed by atoms with van der Waals surface area (Å²) in [6.45, 7) is 3.50. The summed E-state index contributed by atoms with van der Waals surface area (Å²) in [7, 11) is 0. The summed E-state index contributed by atoms with van der Waals surface area (Å²) < 4.78 is 0. The highest BCUT2D eigenvalue weighted by Crippen LogP contribution is 2.31. The van der Waals surface area contributed by atoms with Gasteiger partial charge in [0.1, 0.15) is 5.78 Å². The summed E-state index contributed by atoms with van der Waals surface area (Å²) in [6, 6.07) is 7.52. The fraction of sp³-hybridized carbons (Fsp3) is 0.214. The molecule has 0 aliphatic carbocycles. The molecule has 2 aromatic rings. The molecule has 86 valence electrons. The molecule has 2 rings (SSSR count). The van der Waals surface area contributed by atoms with Crippen LogP contribution in [0.2, 0.25) is 0 Å². The fourth-order valence-corrected chi connectivity index (χ4v) is 1.89. The number of rotatable bonds is 3. The molecule has 0 bridgehead atoms. The van der Waals surface area contributed by atoms with Crippen molar-refractivity contribution in [3.05, 3.63) is 60.2 Å². The van der Waals surface area contributed by atoms with Gasteiger partial charge in [0.15, 0.2) is 0 Å². The van der Waals surface area contributed by atoms with E-state index < -0.39 is 5.41 Å². The Morgan fingerprint density at radius 1 is 1.06 bits per heavy atom. The van der Waals surface area contributed by atoms with E-state index in [-0.39, 0.29) is 5.78 Å². The van der Waals surface area contributed by atoms with E-state index >= 15 is 0 Å². The number of aromatic nitrogens is 2. The van der Waals surface area contributed by atoms with Crippen molar-refractivity contribution >= 4 is 5.78 Å². The summed E-state index contributed by atoms with van der Waals surface area (Å²) in [5, 5.41) is 0. The zero-order chi connectivity index (χ0) is 12.3. The molecule has 2 aromatic heterocycles. The third kappa shape index (κ3) is 1.96. The minimum atomic E-state index is -0.678. The van der Waals surface area contributed by atoms with Crippen LogP contribution in [-0.4, -0.2) is 15.8 Å². The van der Waals surface area contributed by atoms with Crippen LogP contribution >= 0.6 is 0 Å². The topological polar surface area (TPSA) is 42.9 Å². The van der Waals surface area contributed by atoms with Crippen molar-refractivity contribution in [2.75, 3.05) is 0 Å². The molecular weight excluding hydrogens is 212 g/mol. The molecule has 0 amide bonds. The summed E-state index contributed by atoms with van der Waals surface area (Å²) in [5.41, 5.74) is 1.10. The van der Waals surface area contributed by atoms with E-state index in [1.54, 1.807) is 31.7 Å². The highest BCUT2D eigenvalue weighted by molar-refractivity contribution is 5.91. The van der Waals surface area contributed by atoms with E-state index in [1.165, 1.54) is 0 Å². The Hall–Kier alpha value is -2.03. The van der Waals surface area contributed by atoms with Crippen LogP contribution in [0, 0.1) is 0 Å². The lowest BCUT2D eigenvalue weighted by Crippen LogP contribution is -2.32. The maximum atomic E-state index is 12.0. The Balaban J connectivity index is 2.59. The maximum absolute atomic E-state index is 12.0. The van der Waals surface area contributed by atoms with Gasteiger partial charge in [0.05, 0.1) is 5.41 Å². The number of Topliss-reactive ketones (excluding diaryl/α,β-unsaturated/α-hetero) is 1. The fourth-order valence-electron chi connectivity index (χ4n) is 1.89. The van der Waals surface area contributed by atoms with Crippen molar-refractivity contribution in [1.29, 1.82) is 0 Å². The number of hydrogen-bond donors (Lipinski definition) is 0. The quantitative estimate of drug-likeness (QED) is 0.807. The van der Waals surface area contributed by atoms with Gasteiger partial charge in [-0.15, -0.1) is 0 Å². The smallest absolute Gasteiger partial charge is 0.144 e. The molecule has 0 fully saturated rings. The van der Waals surface area contributed by atoms with Gasteiger partial charge in [-0.1, -0.05) is 12.1 Å². The summed E-state index contributed by atoms with van der Waals surface area (Å²) in [4.78, 5) is 20.2. The highest BCUT2D eigenvalue weighted by atomic mass is 16.1. The first-order valence-corrected chi connectivity index (χ1v) is 5.47. The first kappa shape index (κ1) is 11.5. The summed E-state index contributed by atoms with van der Waals surface area (Å²) in [6.07, 6.45) is 6.86. The largest absolute Gasteiger partial charge is 0.299 e. The Kier molecular flexibility index (Phi) is 3.00. The number of hydrogen-bond acceptors (Lipinski definition) is 3. The maximum Gasteiger partial charge on any atom is 0.144 e. The average Bonchev–Trinajstić information content (AvgIpc) is 2.39. The van der Waals surface area contributed by atoms with Gasteiger partial charge >= 0.3 is 0 Å². The molecule has 0 aliphatic rings. The monoisotopic (exact) mass is 226 g/mol. The molecule has 0 saturated carbocycles. The van der Waals surface area contributed by atoms with Crippen LogP contribution in [0.4, 0.5) is 0 Å². The van der Waals surface area contributed by atoms with Gasteiger partial charge in [-0.3, -0.25) is 14.8 Å². The van der Waals surface area contributed by atoms with Crippen LogP contribution in [0.1, 0.15) is 25.0 Å². The predicted molar refractivity (Wildman–Crippen MR) is 65.6 cm³/mol. The lowest BCUT2D eigenvalue weighted by molar-refractivity contribution is -0.120. The Labute approximate surface area is 101 Å². The van der Waals surface area contributed by atoms with Gasteiger partial charge in [0.2, 0.25) is 0 Å². The zero-order valence-electron chi connectivity index (χ0n) is 9.92. The molecule has 2 heterocycles. The van der Waals surface area contributed by atoms with Crippen molar-refractivity contribution in [3.63, 3.8) is 0 Å². The van der Waals surface area contributed by atoms with E-state index in [0.29, 0.717) is 0 Å². The normalized spacial score (nSPS) is 11.2. The van der Waals surface area contributed by atoms with Gasteiger partial charge < -0.3 is 0 Å². The second kappa shape index (κ2) is 4.45. The Morgan fingerprint density at radius 2 is 1.53 bits per heavy atom. The van der Waals surface area contributed by atoms with Crippen LogP contribution in [0.15, 0.2) is 49.1 Å². The van der Waals surface area contributed by atoms with Gasteiger partial charge in [0, 0.05) is 24.8 Å². The zero-order valence-corrected chi connectivity index (χ0v) is 9.92. The lowest BCUT2D eigenvalue weighted by atomic mass is 9.74. The average molecular weight is 226 g/mol. The Morgan fingerprint density at radius 3 is 1.82 bits per heavy atom. The molecule has 0 radical (unpaired) electrons. The van der Waals surface area contributed by atoms with Gasteiger partial charge in [-0.2, -0.15) is 0 Å². The molecule has 0 unspecified atom stereocenters. The molecule has 17 heavy (non-hydrogen) atoms. The van der Waals surface area contributed by atoms with Crippen molar-refractivity contribution in [2.45, 2.75) is 19.3 Å². The van der Waals surface area contributed by atoms with Gasteiger partial charge in [-0.25, -0.2) is 0 Å². The number of carbonyl (C=O) groups excluding carboxylic acids is 1. The Bertz CT molecular complexity index is 469. The van der Waals surface area contributed by atoms with Crippen molar-refractivity contribution in [1.82, 2.24) is 9.97 Å². The number of ketones is 1. The van der Waals surface area contributed by atoms with E-state index in [9.17, 15) is 4.79 Å². The number of nitrogens with zero attached hydrogens (tertiary/aromatic N) is 2. The van der Waals surface area contributed by atoms with Crippen molar-refractivity contribution < 1.29 is 4.79 Å². The van der Waals surface area contributed by atoms with E-state index in [1.807, 2.05) is 31.2 Å². The second-order valence-corrected chi connectivity index (χ2v) is 4.16.